The van der Waals surface area contributed by atoms with Gasteiger partial charge in [-0.2, -0.15) is 9.97 Å². The Balaban J connectivity index is 1.18. The molecule has 2 aromatic heterocycles. The highest BCUT2D eigenvalue weighted by atomic mass is 127. The molecule has 13 heteroatoms. The van der Waals surface area contributed by atoms with Gasteiger partial charge in [-0.05, 0) is 24.5 Å². The Morgan fingerprint density at radius 1 is 1.00 bits per heavy atom. The highest BCUT2D eigenvalue weighted by Gasteiger charge is 2.27. The minimum Gasteiger partial charge on any atom is -0.379 e. The van der Waals surface area contributed by atoms with Gasteiger partial charge in [-0.3, -0.25) is 14.3 Å². The first-order valence-electron chi connectivity index (χ1n) is 14.3. The van der Waals surface area contributed by atoms with E-state index in [4.69, 9.17) is 24.4 Å². The predicted octanol–water partition coefficient (Wildman–Crippen LogP) is 3.50. The SMILES string of the molecule is O=C(CCN1CCOCC1)N1CC[C@H](CNc2cc(-n3c(C(I)I)nc4ccccc43)nc(N3CCOCC3)n2)C1. The Morgan fingerprint density at radius 3 is 2.54 bits per heavy atom. The second kappa shape index (κ2) is 13.7. The summed E-state index contributed by atoms with van der Waals surface area (Å²) in [5.41, 5.74) is 1.98. The summed E-state index contributed by atoms with van der Waals surface area (Å²) in [7, 11) is 0. The average molecular weight is 786 g/mol. The second-order valence-corrected chi connectivity index (χ2v) is 15.6. The van der Waals surface area contributed by atoms with Crippen molar-refractivity contribution in [2.45, 2.75) is 14.8 Å². The van der Waals surface area contributed by atoms with E-state index in [-0.39, 0.29) is 7.84 Å². The number of carbonyl (C=O) groups excluding carboxylic acids is 1. The lowest BCUT2D eigenvalue weighted by atomic mass is 10.1. The summed E-state index contributed by atoms with van der Waals surface area (Å²) >= 11 is 4.80. The number of likely N-dealkylation sites (tertiary alicyclic amines) is 1. The van der Waals surface area contributed by atoms with Crippen LogP contribution in [0.25, 0.3) is 16.9 Å². The van der Waals surface area contributed by atoms with Crippen molar-refractivity contribution < 1.29 is 14.3 Å². The first-order chi connectivity index (χ1) is 20.0. The van der Waals surface area contributed by atoms with Gasteiger partial charge in [0.25, 0.3) is 0 Å². The third-order valence-electron chi connectivity index (χ3n) is 7.96. The van der Waals surface area contributed by atoms with Crippen LogP contribution in [0.15, 0.2) is 30.3 Å². The van der Waals surface area contributed by atoms with Crippen LogP contribution in [0.1, 0.15) is 20.6 Å². The van der Waals surface area contributed by atoms with E-state index in [1.807, 2.05) is 29.2 Å². The number of fused-ring (bicyclic) bond motifs is 1. The van der Waals surface area contributed by atoms with Crippen LogP contribution in [0.2, 0.25) is 0 Å². The predicted molar refractivity (Wildman–Crippen MR) is 176 cm³/mol. The first kappa shape index (κ1) is 29.3. The number of nitrogens with zero attached hydrogens (tertiary/aromatic N) is 7. The van der Waals surface area contributed by atoms with Crippen molar-refractivity contribution in [2.24, 2.45) is 5.92 Å². The van der Waals surface area contributed by atoms with Crippen molar-refractivity contribution in [2.75, 3.05) is 89.0 Å². The van der Waals surface area contributed by atoms with Gasteiger partial charge in [0.05, 0.1) is 37.5 Å². The molecule has 0 saturated carbocycles. The molecule has 0 spiro atoms. The van der Waals surface area contributed by atoms with Crippen molar-refractivity contribution in [1.82, 2.24) is 29.3 Å². The molecule has 11 nitrogen and oxygen atoms in total. The van der Waals surface area contributed by atoms with E-state index in [9.17, 15) is 4.79 Å². The van der Waals surface area contributed by atoms with Crippen molar-refractivity contribution in [1.29, 1.82) is 0 Å². The van der Waals surface area contributed by atoms with Crippen LogP contribution in [-0.4, -0.2) is 114 Å². The molecular weight excluding hydrogens is 750 g/mol. The van der Waals surface area contributed by atoms with Gasteiger partial charge in [0.1, 0.15) is 19.4 Å². The molecule has 220 valence electrons. The Bertz CT molecular complexity index is 1340. The van der Waals surface area contributed by atoms with Crippen molar-refractivity contribution >= 4 is 73.9 Å². The molecule has 1 amide bonds. The van der Waals surface area contributed by atoms with Crippen molar-refractivity contribution in [3.05, 3.63) is 36.2 Å². The largest absolute Gasteiger partial charge is 0.379 e. The molecule has 0 unspecified atom stereocenters. The summed E-state index contributed by atoms with van der Waals surface area (Å²) in [5, 5.41) is 3.60. The molecule has 3 fully saturated rings. The lowest BCUT2D eigenvalue weighted by Crippen LogP contribution is -2.39. The fourth-order valence-corrected chi connectivity index (χ4v) is 6.51. The van der Waals surface area contributed by atoms with Gasteiger partial charge < -0.3 is 24.6 Å². The minimum atomic E-state index is 0.168. The standard InChI is InChI=1S/C28H36I2N8O3/c29-26(30)27-32-21-3-1-2-4-22(21)38(27)24-17-23(33-28(34-24)36-11-15-41-16-12-36)31-18-20-5-8-37(19-20)25(39)6-7-35-9-13-40-14-10-35/h1-4,17,20,26H,5-16,18-19H2,(H,31,33,34)/t20-/m1/s1. The highest BCUT2D eigenvalue weighted by Crippen LogP contribution is 2.35. The summed E-state index contributed by atoms with van der Waals surface area (Å²) in [6.07, 6.45) is 1.57. The van der Waals surface area contributed by atoms with Gasteiger partial charge >= 0.3 is 0 Å². The summed E-state index contributed by atoms with van der Waals surface area (Å²) in [5.74, 6) is 3.87. The molecule has 3 aliphatic rings. The van der Waals surface area contributed by atoms with Gasteiger partial charge in [0, 0.05) is 64.8 Å². The number of alkyl halides is 2. The summed E-state index contributed by atoms with van der Waals surface area (Å²) in [6, 6.07) is 10.2. The number of nitrogens with one attached hydrogen (secondary N) is 1. The molecule has 41 heavy (non-hydrogen) atoms. The normalized spacial score (nSPS) is 20.3. The third kappa shape index (κ3) is 7.05. The van der Waals surface area contributed by atoms with E-state index in [0.29, 0.717) is 31.5 Å². The van der Waals surface area contributed by atoms with Crippen LogP contribution >= 0.6 is 45.2 Å². The molecule has 3 aromatic rings. The Labute approximate surface area is 267 Å². The van der Waals surface area contributed by atoms with Gasteiger partial charge in [0.2, 0.25) is 11.9 Å². The average Bonchev–Trinajstić information content (AvgIpc) is 3.65. The lowest BCUT2D eigenvalue weighted by molar-refractivity contribution is -0.130. The number of benzene rings is 1. The second-order valence-electron chi connectivity index (χ2n) is 10.7. The molecule has 0 aliphatic carbocycles. The number of para-hydroxylation sites is 2. The lowest BCUT2D eigenvalue weighted by Gasteiger charge is -2.27. The summed E-state index contributed by atoms with van der Waals surface area (Å²) in [6.45, 7) is 9.37. The molecule has 1 aromatic carbocycles. The van der Waals surface area contributed by atoms with E-state index < -0.39 is 0 Å². The molecule has 3 aliphatic heterocycles. The number of anilines is 2. The Kier molecular flexibility index (Phi) is 9.74. The Morgan fingerprint density at radius 2 is 1.76 bits per heavy atom. The molecule has 6 rings (SSSR count). The van der Waals surface area contributed by atoms with Gasteiger partial charge in [-0.1, -0.05) is 57.3 Å². The van der Waals surface area contributed by atoms with Crippen LogP contribution < -0.4 is 10.2 Å². The van der Waals surface area contributed by atoms with E-state index in [1.54, 1.807) is 0 Å². The van der Waals surface area contributed by atoms with E-state index in [0.717, 1.165) is 100 Å². The highest BCUT2D eigenvalue weighted by molar-refractivity contribution is 14.2. The smallest absolute Gasteiger partial charge is 0.229 e. The monoisotopic (exact) mass is 786 g/mol. The van der Waals surface area contributed by atoms with Crippen LogP contribution in [0.4, 0.5) is 11.8 Å². The topological polar surface area (TPSA) is 101 Å². The zero-order valence-corrected chi connectivity index (χ0v) is 27.4. The molecule has 1 atom stereocenters. The summed E-state index contributed by atoms with van der Waals surface area (Å²) < 4.78 is 13.3. The zero-order chi connectivity index (χ0) is 28.2. The quantitative estimate of drug-likeness (QED) is 0.258. The van der Waals surface area contributed by atoms with Crippen molar-refractivity contribution in [3.63, 3.8) is 0 Å². The molecule has 0 radical (unpaired) electrons. The number of amides is 1. The van der Waals surface area contributed by atoms with Crippen molar-refractivity contribution in [3.8, 4) is 5.82 Å². The van der Waals surface area contributed by atoms with Crippen LogP contribution in [-0.2, 0) is 14.3 Å². The number of morpholine rings is 2. The maximum Gasteiger partial charge on any atom is 0.229 e. The van der Waals surface area contributed by atoms with Crippen LogP contribution in [0, 0.1) is 5.92 Å². The minimum absolute atomic E-state index is 0.168. The molecular formula is C28H36I2N8O3. The number of aromatic nitrogens is 4. The number of ether oxygens (including phenoxy) is 2. The zero-order valence-electron chi connectivity index (χ0n) is 23.1. The molecule has 0 bridgehead atoms. The molecule has 5 heterocycles. The number of hydrogen-bond acceptors (Lipinski definition) is 9. The summed E-state index contributed by atoms with van der Waals surface area (Å²) in [4.78, 5) is 34.3. The fourth-order valence-electron chi connectivity index (χ4n) is 5.68. The van der Waals surface area contributed by atoms with Crippen LogP contribution in [0.5, 0.6) is 0 Å². The number of hydrogen-bond donors (Lipinski definition) is 1. The first-order valence-corrected chi connectivity index (χ1v) is 16.8. The van der Waals surface area contributed by atoms with E-state index >= 15 is 0 Å². The van der Waals surface area contributed by atoms with Crippen LogP contribution in [0.3, 0.4) is 0 Å². The van der Waals surface area contributed by atoms with Gasteiger partial charge in [0.15, 0.2) is 0 Å². The number of halogens is 2. The number of imidazole rings is 1. The van der Waals surface area contributed by atoms with Gasteiger partial charge in [-0.15, -0.1) is 0 Å². The third-order valence-corrected chi connectivity index (χ3v) is 9.08. The number of rotatable bonds is 9. The maximum absolute atomic E-state index is 12.9. The van der Waals surface area contributed by atoms with Gasteiger partial charge in [-0.25, -0.2) is 4.98 Å². The molecule has 3 saturated heterocycles. The Hall–Kier alpha value is -1.82. The van der Waals surface area contributed by atoms with E-state index in [1.165, 1.54) is 0 Å². The maximum atomic E-state index is 12.9. The number of carbonyl (C=O) groups is 1. The molecule has 1 N–H and O–H groups in total. The van der Waals surface area contributed by atoms with E-state index in [2.05, 4.69) is 70.9 Å². The fraction of sp³-hybridized carbons (Fsp3) is 0.571.